The summed E-state index contributed by atoms with van der Waals surface area (Å²) in [6, 6.07) is 9.68. The molecule has 0 unspecified atom stereocenters. The topological polar surface area (TPSA) is 100.0 Å². The van der Waals surface area contributed by atoms with Crippen molar-refractivity contribution in [1.82, 2.24) is 19.9 Å². The standard InChI is InChI=1S/C19H15N5O2/c20-19-24-15-9-12(1-4-17(15)26-19)13-2-3-14-18(22-13)23-16(10-21-14)11-5-7-25-8-6-11/h1-5,9-10H,6-8H2,(H2,20,24). The number of nitrogens with zero attached hydrogens (tertiary/aromatic N) is 4. The number of oxazole rings is 1. The van der Waals surface area contributed by atoms with E-state index < -0.39 is 0 Å². The Morgan fingerprint density at radius 3 is 2.77 bits per heavy atom. The van der Waals surface area contributed by atoms with Crippen LogP contribution in [0.5, 0.6) is 0 Å². The van der Waals surface area contributed by atoms with E-state index in [1.807, 2.05) is 36.4 Å². The molecule has 1 aliphatic rings. The van der Waals surface area contributed by atoms with Gasteiger partial charge in [-0.05, 0) is 42.3 Å². The van der Waals surface area contributed by atoms with Crippen LogP contribution in [0.1, 0.15) is 12.1 Å². The lowest BCUT2D eigenvalue weighted by molar-refractivity contribution is 0.161. The van der Waals surface area contributed by atoms with Crippen LogP contribution in [0.2, 0.25) is 0 Å². The van der Waals surface area contributed by atoms with Crippen molar-refractivity contribution < 1.29 is 9.15 Å². The van der Waals surface area contributed by atoms with Crippen LogP contribution in [0.3, 0.4) is 0 Å². The Hall–Kier alpha value is -3.32. The third-order valence-electron chi connectivity index (χ3n) is 4.40. The van der Waals surface area contributed by atoms with Crippen molar-refractivity contribution in [3.8, 4) is 11.3 Å². The third kappa shape index (κ3) is 2.58. The number of hydrogen-bond donors (Lipinski definition) is 1. The van der Waals surface area contributed by atoms with Crippen molar-refractivity contribution in [2.24, 2.45) is 0 Å². The highest BCUT2D eigenvalue weighted by Crippen LogP contribution is 2.26. The average molecular weight is 345 g/mol. The fourth-order valence-corrected chi connectivity index (χ4v) is 3.08. The molecule has 128 valence electrons. The lowest BCUT2D eigenvalue weighted by Gasteiger charge is -2.12. The van der Waals surface area contributed by atoms with Gasteiger partial charge in [0.2, 0.25) is 0 Å². The molecule has 0 aliphatic carbocycles. The van der Waals surface area contributed by atoms with Crippen LogP contribution in [0.25, 0.3) is 39.1 Å². The molecule has 5 rings (SSSR count). The first kappa shape index (κ1) is 15.0. The first-order valence-electron chi connectivity index (χ1n) is 8.34. The van der Waals surface area contributed by atoms with E-state index in [1.165, 1.54) is 0 Å². The number of rotatable bonds is 2. The highest BCUT2D eigenvalue weighted by molar-refractivity contribution is 5.82. The number of aromatic nitrogens is 4. The Kier molecular flexibility index (Phi) is 3.39. The minimum Gasteiger partial charge on any atom is -0.424 e. The Morgan fingerprint density at radius 1 is 0.962 bits per heavy atom. The number of nitrogen functional groups attached to an aromatic ring is 1. The molecule has 1 aromatic carbocycles. The van der Waals surface area contributed by atoms with Crippen LogP contribution in [-0.2, 0) is 4.74 Å². The van der Waals surface area contributed by atoms with Gasteiger partial charge in [-0.3, -0.25) is 4.98 Å². The zero-order valence-electron chi connectivity index (χ0n) is 13.8. The molecule has 0 fully saturated rings. The smallest absolute Gasteiger partial charge is 0.292 e. The van der Waals surface area contributed by atoms with Gasteiger partial charge in [0.1, 0.15) is 11.0 Å². The van der Waals surface area contributed by atoms with Crippen LogP contribution in [0.4, 0.5) is 6.01 Å². The van der Waals surface area contributed by atoms with Crippen molar-refractivity contribution in [3.05, 3.63) is 48.3 Å². The fourth-order valence-electron chi connectivity index (χ4n) is 3.08. The second-order valence-corrected chi connectivity index (χ2v) is 6.08. The van der Waals surface area contributed by atoms with Crippen molar-refractivity contribution in [3.63, 3.8) is 0 Å². The monoisotopic (exact) mass is 345 g/mol. The van der Waals surface area contributed by atoms with Crippen molar-refractivity contribution in [2.45, 2.75) is 6.42 Å². The number of benzene rings is 1. The van der Waals surface area contributed by atoms with Gasteiger partial charge in [0.25, 0.3) is 6.01 Å². The largest absolute Gasteiger partial charge is 0.424 e. The van der Waals surface area contributed by atoms with Gasteiger partial charge in [-0.25, -0.2) is 9.97 Å². The van der Waals surface area contributed by atoms with Gasteiger partial charge < -0.3 is 14.9 Å². The van der Waals surface area contributed by atoms with E-state index in [1.54, 1.807) is 6.20 Å². The Morgan fingerprint density at radius 2 is 1.88 bits per heavy atom. The minimum absolute atomic E-state index is 0.156. The molecular formula is C19H15N5O2. The molecule has 2 N–H and O–H groups in total. The van der Waals surface area contributed by atoms with E-state index in [0.29, 0.717) is 30.0 Å². The van der Waals surface area contributed by atoms with Crippen LogP contribution >= 0.6 is 0 Å². The summed E-state index contributed by atoms with van der Waals surface area (Å²) in [4.78, 5) is 18.1. The van der Waals surface area contributed by atoms with Gasteiger partial charge in [-0.15, -0.1) is 0 Å². The maximum Gasteiger partial charge on any atom is 0.292 e. The van der Waals surface area contributed by atoms with Crippen molar-refractivity contribution in [1.29, 1.82) is 0 Å². The molecular weight excluding hydrogens is 330 g/mol. The van der Waals surface area contributed by atoms with E-state index in [-0.39, 0.29) is 6.01 Å². The number of hydrogen-bond acceptors (Lipinski definition) is 7. The summed E-state index contributed by atoms with van der Waals surface area (Å²) in [5, 5.41) is 0. The van der Waals surface area contributed by atoms with Crippen molar-refractivity contribution in [2.75, 3.05) is 18.9 Å². The highest BCUT2D eigenvalue weighted by Gasteiger charge is 2.11. The van der Waals surface area contributed by atoms with Gasteiger partial charge in [0.15, 0.2) is 11.2 Å². The molecule has 7 nitrogen and oxygen atoms in total. The molecule has 1 aliphatic heterocycles. The Balaban J connectivity index is 1.59. The Bertz CT molecular complexity index is 1170. The molecule has 3 aromatic heterocycles. The fraction of sp³-hybridized carbons (Fsp3) is 0.158. The molecule has 0 spiro atoms. The summed E-state index contributed by atoms with van der Waals surface area (Å²) in [6.07, 6.45) is 4.68. The second-order valence-electron chi connectivity index (χ2n) is 6.08. The van der Waals surface area contributed by atoms with Crippen LogP contribution in [-0.4, -0.2) is 33.1 Å². The van der Waals surface area contributed by atoms with Gasteiger partial charge in [-0.1, -0.05) is 6.08 Å². The van der Waals surface area contributed by atoms with E-state index in [0.717, 1.165) is 34.5 Å². The number of nitrogens with two attached hydrogens (primary N) is 1. The molecule has 0 atom stereocenters. The van der Waals surface area contributed by atoms with E-state index in [9.17, 15) is 0 Å². The first-order chi connectivity index (χ1) is 12.8. The molecule has 0 saturated heterocycles. The Labute approximate surface area is 148 Å². The number of fused-ring (bicyclic) bond motifs is 2. The summed E-state index contributed by atoms with van der Waals surface area (Å²) in [7, 11) is 0. The zero-order valence-corrected chi connectivity index (χ0v) is 13.8. The van der Waals surface area contributed by atoms with Crippen molar-refractivity contribution >= 4 is 33.9 Å². The number of ether oxygens (including phenoxy) is 1. The quantitative estimate of drug-likeness (QED) is 0.595. The van der Waals surface area contributed by atoms with Gasteiger partial charge in [0.05, 0.1) is 30.8 Å². The third-order valence-corrected chi connectivity index (χ3v) is 4.40. The average Bonchev–Trinajstić information content (AvgIpc) is 3.07. The molecule has 0 saturated carbocycles. The molecule has 4 aromatic rings. The molecule has 4 heterocycles. The van der Waals surface area contributed by atoms with Crippen LogP contribution in [0.15, 0.2) is 47.0 Å². The van der Waals surface area contributed by atoms with Gasteiger partial charge in [0, 0.05) is 5.56 Å². The summed E-state index contributed by atoms with van der Waals surface area (Å²) < 4.78 is 10.7. The number of pyridine rings is 1. The van der Waals surface area contributed by atoms with Crippen LogP contribution < -0.4 is 5.73 Å². The van der Waals surface area contributed by atoms with Gasteiger partial charge in [-0.2, -0.15) is 4.98 Å². The number of anilines is 1. The summed E-state index contributed by atoms with van der Waals surface area (Å²) >= 11 is 0. The lowest BCUT2D eigenvalue weighted by Crippen LogP contribution is -2.05. The minimum atomic E-state index is 0.156. The lowest BCUT2D eigenvalue weighted by atomic mass is 10.1. The molecule has 0 bridgehead atoms. The van der Waals surface area contributed by atoms with Crippen LogP contribution in [0, 0.1) is 0 Å². The van der Waals surface area contributed by atoms with E-state index >= 15 is 0 Å². The first-order valence-corrected chi connectivity index (χ1v) is 8.34. The second kappa shape index (κ2) is 5.89. The normalized spacial score (nSPS) is 14.7. The van der Waals surface area contributed by atoms with Gasteiger partial charge >= 0.3 is 0 Å². The SMILES string of the molecule is Nc1nc2cc(-c3ccc4ncc(C5=CCOCC5)nc4n3)ccc2o1. The predicted molar refractivity (Wildman–Crippen MR) is 98.2 cm³/mol. The molecule has 0 radical (unpaired) electrons. The van der Waals surface area contributed by atoms with E-state index in [2.05, 4.69) is 9.97 Å². The maximum absolute atomic E-state index is 5.62. The summed E-state index contributed by atoms with van der Waals surface area (Å²) in [5.74, 6) is 0. The maximum atomic E-state index is 5.62. The molecule has 7 heteroatoms. The molecule has 26 heavy (non-hydrogen) atoms. The summed E-state index contributed by atoms with van der Waals surface area (Å²) in [6.45, 7) is 1.32. The summed E-state index contributed by atoms with van der Waals surface area (Å²) in [5.41, 5.74) is 12.1. The predicted octanol–water partition coefficient (Wildman–Crippen LogP) is 3.22. The van der Waals surface area contributed by atoms with E-state index in [4.69, 9.17) is 24.9 Å². The zero-order chi connectivity index (χ0) is 17.5. The highest BCUT2D eigenvalue weighted by atomic mass is 16.5. The molecule has 0 amide bonds.